The molecule has 1 aromatic heterocycles. The van der Waals surface area contributed by atoms with E-state index in [0.29, 0.717) is 11.8 Å². The summed E-state index contributed by atoms with van der Waals surface area (Å²) in [5, 5.41) is 4.18. The number of sulfonamides is 1. The quantitative estimate of drug-likeness (QED) is 0.749. The molecule has 2 aromatic carbocycles. The Hall–Kier alpha value is -2.81. The molecule has 0 aliphatic heterocycles. The van der Waals surface area contributed by atoms with E-state index < -0.39 is 27.5 Å². The molecule has 5 nitrogen and oxygen atoms in total. The van der Waals surface area contributed by atoms with Crippen LogP contribution in [0.2, 0.25) is 0 Å². The van der Waals surface area contributed by atoms with Gasteiger partial charge in [-0.2, -0.15) is 5.10 Å². The van der Waals surface area contributed by atoms with Crippen LogP contribution in [0.15, 0.2) is 47.4 Å². The second kappa shape index (κ2) is 6.49. The molecule has 1 N–H and O–H groups in total. The number of benzene rings is 2. The Balaban J connectivity index is 2.04. The maximum atomic E-state index is 13.8. The molecule has 0 fully saturated rings. The van der Waals surface area contributed by atoms with Crippen LogP contribution < -0.4 is 4.72 Å². The third-order valence-electron chi connectivity index (χ3n) is 3.74. The van der Waals surface area contributed by atoms with E-state index >= 15 is 0 Å². The van der Waals surface area contributed by atoms with Crippen molar-refractivity contribution in [3.05, 3.63) is 71.3 Å². The Kier molecular flexibility index (Phi) is 4.49. The standard InChI is InChI=1S/C17H14F3N3O2S/c1-10-17(11(2)23(21-10)14-6-3-12(18)4-7-14)26(24,25)22-16-8-5-13(19)9-15(16)20/h3-9,22H,1-2H3. The molecule has 136 valence electrons. The molecule has 0 radical (unpaired) electrons. The highest BCUT2D eigenvalue weighted by Gasteiger charge is 2.26. The second-order valence-electron chi connectivity index (χ2n) is 5.62. The van der Waals surface area contributed by atoms with E-state index in [-0.39, 0.29) is 22.0 Å². The molecule has 3 aromatic rings. The topological polar surface area (TPSA) is 64.0 Å². The van der Waals surface area contributed by atoms with Gasteiger partial charge in [0.05, 0.1) is 22.8 Å². The van der Waals surface area contributed by atoms with Gasteiger partial charge in [-0.3, -0.25) is 4.72 Å². The van der Waals surface area contributed by atoms with E-state index in [0.717, 1.165) is 12.1 Å². The van der Waals surface area contributed by atoms with Gasteiger partial charge in [0.25, 0.3) is 10.0 Å². The van der Waals surface area contributed by atoms with Gasteiger partial charge >= 0.3 is 0 Å². The minimum atomic E-state index is -4.18. The molecule has 0 atom stereocenters. The number of nitrogens with one attached hydrogen (secondary N) is 1. The monoisotopic (exact) mass is 381 g/mol. The fourth-order valence-corrected chi connectivity index (χ4v) is 4.08. The van der Waals surface area contributed by atoms with Crippen LogP contribution in [0.1, 0.15) is 11.4 Å². The lowest BCUT2D eigenvalue weighted by molar-refractivity contribution is 0.582. The first kappa shape index (κ1) is 18.0. The summed E-state index contributed by atoms with van der Waals surface area (Å²) in [6.45, 7) is 3.02. The third-order valence-corrected chi connectivity index (χ3v) is 5.36. The van der Waals surface area contributed by atoms with Crippen LogP contribution in [0.25, 0.3) is 5.69 Å². The Labute approximate surface area is 148 Å². The molecular formula is C17H14F3N3O2S. The summed E-state index contributed by atoms with van der Waals surface area (Å²) >= 11 is 0. The first-order chi connectivity index (χ1) is 12.2. The molecule has 0 saturated carbocycles. The fraction of sp³-hybridized carbons (Fsp3) is 0.118. The average Bonchev–Trinajstić information content (AvgIpc) is 2.86. The summed E-state index contributed by atoms with van der Waals surface area (Å²) in [6, 6.07) is 7.90. The largest absolute Gasteiger partial charge is 0.277 e. The number of aromatic nitrogens is 2. The molecule has 3 rings (SSSR count). The molecule has 0 aliphatic carbocycles. The van der Waals surface area contributed by atoms with Crippen LogP contribution in [0.3, 0.4) is 0 Å². The summed E-state index contributed by atoms with van der Waals surface area (Å²) in [6.07, 6.45) is 0. The summed E-state index contributed by atoms with van der Waals surface area (Å²) in [4.78, 5) is -0.134. The van der Waals surface area contributed by atoms with Crippen LogP contribution >= 0.6 is 0 Å². The SMILES string of the molecule is Cc1nn(-c2ccc(F)cc2)c(C)c1S(=O)(=O)Nc1ccc(F)cc1F. The Bertz CT molecular complexity index is 1080. The molecule has 0 aliphatic rings. The van der Waals surface area contributed by atoms with E-state index in [1.54, 1.807) is 0 Å². The van der Waals surface area contributed by atoms with Crippen LogP contribution in [-0.4, -0.2) is 18.2 Å². The first-order valence-corrected chi connectivity index (χ1v) is 8.97. The van der Waals surface area contributed by atoms with E-state index in [1.807, 2.05) is 0 Å². The number of anilines is 1. The van der Waals surface area contributed by atoms with Crippen molar-refractivity contribution in [1.29, 1.82) is 0 Å². The molecule has 26 heavy (non-hydrogen) atoms. The summed E-state index contributed by atoms with van der Waals surface area (Å²) in [7, 11) is -4.18. The van der Waals surface area contributed by atoms with Crippen LogP contribution in [0.4, 0.5) is 18.9 Å². The maximum absolute atomic E-state index is 13.8. The van der Waals surface area contributed by atoms with Crippen molar-refractivity contribution in [3.63, 3.8) is 0 Å². The van der Waals surface area contributed by atoms with Gasteiger partial charge in [-0.05, 0) is 50.2 Å². The molecule has 9 heteroatoms. The van der Waals surface area contributed by atoms with Crippen molar-refractivity contribution in [3.8, 4) is 5.69 Å². The Morgan fingerprint density at radius 2 is 1.58 bits per heavy atom. The molecule has 0 bridgehead atoms. The number of hydrogen-bond donors (Lipinski definition) is 1. The number of aryl methyl sites for hydroxylation is 1. The maximum Gasteiger partial charge on any atom is 0.265 e. The zero-order valence-corrected chi connectivity index (χ0v) is 14.6. The minimum Gasteiger partial charge on any atom is -0.277 e. The van der Waals surface area contributed by atoms with Crippen LogP contribution in [0, 0.1) is 31.3 Å². The molecule has 0 amide bonds. The first-order valence-electron chi connectivity index (χ1n) is 7.49. The lowest BCUT2D eigenvalue weighted by Crippen LogP contribution is -2.16. The van der Waals surface area contributed by atoms with E-state index in [4.69, 9.17) is 0 Å². The fourth-order valence-electron chi connectivity index (χ4n) is 2.62. The Morgan fingerprint density at radius 1 is 0.962 bits per heavy atom. The number of rotatable bonds is 4. The summed E-state index contributed by atoms with van der Waals surface area (Å²) in [5.74, 6) is -2.28. The van der Waals surface area contributed by atoms with E-state index in [1.165, 1.54) is 42.8 Å². The van der Waals surface area contributed by atoms with Crippen molar-refractivity contribution < 1.29 is 21.6 Å². The predicted molar refractivity (Wildman–Crippen MR) is 90.2 cm³/mol. The summed E-state index contributed by atoms with van der Waals surface area (Å²) < 4.78 is 68.7. The van der Waals surface area contributed by atoms with Crippen LogP contribution in [0.5, 0.6) is 0 Å². The predicted octanol–water partition coefficient (Wildman–Crippen LogP) is 3.71. The van der Waals surface area contributed by atoms with Gasteiger partial charge in [0.15, 0.2) is 0 Å². The average molecular weight is 381 g/mol. The van der Waals surface area contributed by atoms with Crippen molar-refractivity contribution in [2.24, 2.45) is 0 Å². The highest BCUT2D eigenvalue weighted by molar-refractivity contribution is 7.92. The lowest BCUT2D eigenvalue weighted by Gasteiger charge is -2.10. The van der Waals surface area contributed by atoms with Gasteiger partial charge in [0.2, 0.25) is 0 Å². The van der Waals surface area contributed by atoms with Crippen molar-refractivity contribution in [2.45, 2.75) is 18.7 Å². The minimum absolute atomic E-state index is 0.134. The van der Waals surface area contributed by atoms with Gasteiger partial charge in [0.1, 0.15) is 22.3 Å². The van der Waals surface area contributed by atoms with Crippen molar-refractivity contribution in [2.75, 3.05) is 4.72 Å². The van der Waals surface area contributed by atoms with Gasteiger partial charge < -0.3 is 0 Å². The molecule has 0 spiro atoms. The van der Waals surface area contributed by atoms with Gasteiger partial charge in [0, 0.05) is 6.07 Å². The normalized spacial score (nSPS) is 11.6. The summed E-state index contributed by atoms with van der Waals surface area (Å²) in [5.41, 5.74) is 0.548. The third kappa shape index (κ3) is 3.30. The zero-order chi connectivity index (χ0) is 19.1. The lowest BCUT2D eigenvalue weighted by atomic mass is 10.3. The van der Waals surface area contributed by atoms with E-state index in [9.17, 15) is 21.6 Å². The van der Waals surface area contributed by atoms with Gasteiger partial charge in [-0.25, -0.2) is 26.3 Å². The number of halogens is 3. The van der Waals surface area contributed by atoms with Crippen molar-refractivity contribution in [1.82, 2.24) is 9.78 Å². The number of nitrogens with zero attached hydrogens (tertiary/aromatic N) is 2. The van der Waals surface area contributed by atoms with Crippen LogP contribution in [-0.2, 0) is 10.0 Å². The Morgan fingerprint density at radius 3 is 2.19 bits per heavy atom. The molecular weight excluding hydrogens is 367 g/mol. The second-order valence-corrected chi connectivity index (χ2v) is 7.24. The van der Waals surface area contributed by atoms with E-state index in [2.05, 4.69) is 9.82 Å². The molecule has 1 heterocycles. The highest BCUT2D eigenvalue weighted by Crippen LogP contribution is 2.26. The van der Waals surface area contributed by atoms with Gasteiger partial charge in [-0.15, -0.1) is 0 Å². The molecule has 0 saturated heterocycles. The smallest absolute Gasteiger partial charge is 0.265 e. The van der Waals surface area contributed by atoms with Crippen molar-refractivity contribution >= 4 is 15.7 Å². The van der Waals surface area contributed by atoms with Gasteiger partial charge in [-0.1, -0.05) is 0 Å². The highest BCUT2D eigenvalue weighted by atomic mass is 32.2. The zero-order valence-electron chi connectivity index (χ0n) is 13.8. The number of hydrogen-bond acceptors (Lipinski definition) is 3. The molecule has 0 unspecified atom stereocenters.